The topological polar surface area (TPSA) is 66.4 Å². The Morgan fingerprint density at radius 3 is 2.27 bits per heavy atom. The maximum absolute atomic E-state index is 11.7. The van der Waals surface area contributed by atoms with E-state index < -0.39 is 15.6 Å². The SMILES string of the molecule is CC(C)CS(=O)(=O)NC1(CO)CCCC1. The van der Waals surface area contributed by atoms with Gasteiger partial charge < -0.3 is 5.11 Å². The Bertz CT molecular complexity index is 292. The third kappa shape index (κ3) is 3.74. The van der Waals surface area contributed by atoms with Crippen LogP contribution in [-0.2, 0) is 10.0 Å². The Hall–Kier alpha value is -0.130. The van der Waals surface area contributed by atoms with Crippen LogP contribution < -0.4 is 4.72 Å². The molecule has 0 unspecified atom stereocenters. The molecule has 1 saturated carbocycles. The lowest BCUT2D eigenvalue weighted by Crippen LogP contribution is -2.50. The van der Waals surface area contributed by atoms with Crippen molar-refractivity contribution < 1.29 is 13.5 Å². The number of aliphatic hydroxyl groups is 1. The van der Waals surface area contributed by atoms with Crippen molar-refractivity contribution in [3.05, 3.63) is 0 Å². The molecule has 0 atom stereocenters. The van der Waals surface area contributed by atoms with Gasteiger partial charge >= 0.3 is 0 Å². The van der Waals surface area contributed by atoms with E-state index in [1.54, 1.807) is 0 Å². The van der Waals surface area contributed by atoms with Crippen LogP contribution in [0, 0.1) is 5.92 Å². The number of hydrogen-bond acceptors (Lipinski definition) is 3. The summed E-state index contributed by atoms with van der Waals surface area (Å²) in [7, 11) is -3.24. The van der Waals surface area contributed by atoms with Gasteiger partial charge in [-0.05, 0) is 18.8 Å². The zero-order valence-corrected chi connectivity index (χ0v) is 10.3. The molecule has 0 aromatic carbocycles. The Labute approximate surface area is 92.1 Å². The van der Waals surface area contributed by atoms with Crippen molar-refractivity contribution in [2.45, 2.75) is 45.1 Å². The van der Waals surface area contributed by atoms with E-state index in [4.69, 9.17) is 0 Å². The fraction of sp³-hybridized carbons (Fsp3) is 1.00. The maximum Gasteiger partial charge on any atom is 0.212 e. The highest BCUT2D eigenvalue weighted by Gasteiger charge is 2.36. The molecule has 2 N–H and O–H groups in total. The molecule has 0 amide bonds. The Kier molecular flexibility index (Phi) is 4.14. The highest BCUT2D eigenvalue weighted by molar-refractivity contribution is 7.89. The molecule has 0 aromatic heterocycles. The maximum atomic E-state index is 11.7. The molecule has 0 aromatic rings. The molecule has 90 valence electrons. The molecule has 0 bridgehead atoms. The fourth-order valence-electron chi connectivity index (χ4n) is 2.15. The zero-order chi connectivity index (χ0) is 11.5. The van der Waals surface area contributed by atoms with Crippen molar-refractivity contribution >= 4 is 10.0 Å². The molecule has 0 heterocycles. The molecule has 1 aliphatic carbocycles. The van der Waals surface area contributed by atoms with Crippen LogP contribution in [0.4, 0.5) is 0 Å². The lowest BCUT2D eigenvalue weighted by Gasteiger charge is -2.27. The minimum absolute atomic E-state index is 0.0929. The third-order valence-corrected chi connectivity index (χ3v) is 4.64. The van der Waals surface area contributed by atoms with Crippen LogP contribution in [-0.4, -0.2) is 31.4 Å². The van der Waals surface area contributed by atoms with Gasteiger partial charge in [-0.2, -0.15) is 0 Å². The third-order valence-electron chi connectivity index (χ3n) is 2.79. The molecular weight excluding hydrogens is 214 g/mol. The first-order valence-electron chi connectivity index (χ1n) is 5.52. The van der Waals surface area contributed by atoms with Crippen LogP contribution in [0.5, 0.6) is 0 Å². The van der Waals surface area contributed by atoms with Gasteiger partial charge in [-0.15, -0.1) is 0 Å². The van der Waals surface area contributed by atoms with Crippen molar-refractivity contribution in [2.24, 2.45) is 5.92 Å². The van der Waals surface area contributed by atoms with Gasteiger partial charge in [0.15, 0.2) is 0 Å². The van der Waals surface area contributed by atoms with E-state index in [0.29, 0.717) is 0 Å². The first-order valence-corrected chi connectivity index (χ1v) is 7.17. The predicted molar refractivity (Wildman–Crippen MR) is 60.0 cm³/mol. The van der Waals surface area contributed by atoms with Crippen LogP contribution >= 0.6 is 0 Å². The minimum atomic E-state index is -3.24. The van der Waals surface area contributed by atoms with Crippen LogP contribution in [0.15, 0.2) is 0 Å². The lowest BCUT2D eigenvalue weighted by molar-refractivity contribution is 0.185. The van der Waals surface area contributed by atoms with E-state index in [-0.39, 0.29) is 18.3 Å². The highest BCUT2D eigenvalue weighted by atomic mass is 32.2. The van der Waals surface area contributed by atoms with Gasteiger partial charge in [0.05, 0.1) is 17.9 Å². The van der Waals surface area contributed by atoms with Gasteiger partial charge in [-0.3, -0.25) is 0 Å². The number of aliphatic hydroxyl groups excluding tert-OH is 1. The second kappa shape index (κ2) is 4.80. The standard InChI is InChI=1S/C10H21NO3S/c1-9(2)7-15(13,14)11-10(8-12)5-3-4-6-10/h9,11-12H,3-8H2,1-2H3. The van der Waals surface area contributed by atoms with Crippen molar-refractivity contribution in [1.29, 1.82) is 0 Å². The van der Waals surface area contributed by atoms with E-state index in [1.807, 2.05) is 13.8 Å². The molecule has 0 aliphatic heterocycles. The normalized spacial score (nSPS) is 21.1. The monoisotopic (exact) mass is 235 g/mol. The van der Waals surface area contributed by atoms with E-state index in [1.165, 1.54) is 0 Å². The summed E-state index contributed by atoms with van der Waals surface area (Å²) in [4.78, 5) is 0. The first-order chi connectivity index (χ1) is 6.89. The van der Waals surface area contributed by atoms with Crippen molar-refractivity contribution in [3.63, 3.8) is 0 Å². The van der Waals surface area contributed by atoms with Gasteiger partial charge in [0.1, 0.15) is 0 Å². The van der Waals surface area contributed by atoms with Gasteiger partial charge in [-0.1, -0.05) is 26.7 Å². The quantitative estimate of drug-likeness (QED) is 0.743. The number of rotatable bonds is 5. The minimum Gasteiger partial charge on any atom is -0.394 e. The zero-order valence-electron chi connectivity index (χ0n) is 9.49. The smallest absolute Gasteiger partial charge is 0.212 e. The average Bonchev–Trinajstić information content (AvgIpc) is 2.50. The molecule has 1 fully saturated rings. The molecule has 1 aliphatic rings. The van der Waals surface area contributed by atoms with Crippen LogP contribution in [0.25, 0.3) is 0 Å². The van der Waals surface area contributed by atoms with E-state index in [0.717, 1.165) is 25.7 Å². The largest absolute Gasteiger partial charge is 0.394 e. The summed E-state index contributed by atoms with van der Waals surface area (Å²) in [6, 6.07) is 0. The Balaban J connectivity index is 2.66. The molecule has 5 heteroatoms. The van der Waals surface area contributed by atoms with Crippen molar-refractivity contribution in [1.82, 2.24) is 4.72 Å². The summed E-state index contributed by atoms with van der Waals surface area (Å²) in [6.45, 7) is 3.66. The highest BCUT2D eigenvalue weighted by Crippen LogP contribution is 2.29. The van der Waals surface area contributed by atoms with Crippen LogP contribution in [0.3, 0.4) is 0 Å². The van der Waals surface area contributed by atoms with Gasteiger partial charge in [0, 0.05) is 0 Å². The second-order valence-corrected chi connectivity index (χ2v) is 6.69. The van der Waals surface area contributed by atoms with Gasteiger partial charge in [-0.25, -0.2) is 13.1 Å². The number of nitrogens with one attached hydrogen (secondary N) is 1. The fourth-order valence-corrected chi connectivity index (χ4v) is 4.04. The molecule has 0 radical (unpaired) electrons. The van der Waals surface area contributed by atoms with Crippen LogP contribution in [0.1, 0.15) is 39.5 Å². The summed E-state index contributed by atoms with van der Waals surface area (Å²) in [5.74, 6) is 0.244. The summed E-state index contributed by atoms with van der Waals surface area (Å²) in [5.41, 5.74) is -0.576. The predicted octanol–water partition coefficient (Wildman–Crippen LogP) is 0.867. The van der Waals surface area contributed by atoms with Crippen molar-refractivity contribution in [2.75, 3.05) is 12.4 Å². The lowest BCUT2D eigenvalue weighted by atomic mass is 10.0. The number of sulfonamides is 1. The van der Waals surface area contributed by atoms with Gasteiger partial charge in [0.25, 0.3) is 0 Å². The summed E-state index contributed by atoms with van der Waals surface area (Å²) in [5, 5.41) is 9.29. The molecular formula is C10H21NO3S. The average molecular weight is 235 g/mol. The van der Waals surface area contributed by atoms with E-state index >= 15 is 0 Å². The summed E-state index contributed by atoms with van der Waals surface area (Å²) >= 11 is 0. The number of hydrogen-bond donors (Lipinski definition) is 2. The van der Waals surface area contributed by atoms with Crippen molar-refractivity contribution in [3.8, 4) is 0 Å². The van der Waals surface area contributed by atoms with Crippen LogP contribution in [0.2, 0.25) is 0 Å². The molecule has 0 spiro atoms. The second-order valence-electron chi connectivity index (χ2n) is 4.92. The molecule has 4 nitrogen and oxygen atoms in total. The van der Waals surface area contributed by atoms with E-state index in [2.05, 4.69) is 4.72 Å². The Morgan fingerprint density at radius 2 is 1.87 bits per heavy atom. The first kappa shape index (κ1) is 12.9. The van der Waals surface area contributed by atoms with E-state index in [9.17, 15) is 13.5 Å². The summed E-state index contributed by atoms with van der Waals surface area (Å²) in [6.07, 6.45) is 3.48. The van der Waals surface area contributed by atoms with Gasteiger partial charge in [0.2, 0.25) is 10.0 Å². The molecule has 15 heavy (non-hydrogen) atoms. The summed E-state index contributed by atoms with van der Waals surface area (Å²) < 4.78 is 26.1. The Morgan fingerprint density at radius 1 is 1.33 bits per heavy atom. The molecule has 0 saturated heterocycles. The molecule has 1 rings (SSSR count).